The summed E-state index contributed by atoms with van der Waals surface area (Å²) in [7, 11) is 0. The predicted octanol–water partition coefficient (Wildman–Crippen LogP) is 4.38. The first kappa shape index (κ1) is 21.1. The summed E-state index contributed by atoms with van der Waals surface area (Å²) < 4.78 is 6.24. The van der Waals surface area contributed by atoms with E-state index in [9.17, 15) is 9.59 Å². The summed E-state index contributed by atoms with van der Waals surface area (Å²) in [6.07, 6.45) is 5.36. The first-order valence-corrected chi connectivity index (χ1v) is 12.1. The van der Waals surface area contributed by atoms with Crippen molar-refractivity contribution in [3.8, 4) is 5.75 Å². The van der Waals surface area contributed by atoms with Crippen molar-refractivity contribution in [2.45, 2.75) is 26.2 Å². The van der Waals surface area contributed by atoms with Crippen molar-refractivity contribution < 1.29 is 14.3 Å². The number of carbonyl (C=O) groups excluding carboxylic acids is 2. The number of likely N-dealkylation sites (tertiary alicyclic amines) is 1. The number of benzene rings is 2. The summed E-state index contributed by atoms with van der Waals surface area (Å²) >= 11 is 0. The lowest BCUT2D eigenvalue weighted by atomic mass is 9.72. The fourth-order valence-electron chi connectivity index (χ4n) is 5.35. The van der Waals surface area contributed by atoms with E-state index in [1.165, 1.54) is 12.8 Å². The average molecular weight is 454 g/mol. The van der Waals surface area contributed by atoms with Crippen molar-refractivity contribution in [2.24, 2.45) is 10.9 Å². The molecule has 2 aromatic carbocycles. The van der Waals surface area contributed by atoms with E-state index in [4.69, 9.17) is 9.73 Å². The fourth-order valence-corrected chi connectivity index (χ4v) is 5.35. The lowest BCUT2D eigenvalue weighted by Gasteiger charge is -2.34. The molecule has 4 aliphatic rings. The Bertz CT molecular complexity index is 1300. The van der Waals surface area contributed by atoms with Crippen molar-refractivity contribution in [2.75, 3.05) is 26.2 Å². The van der Waals surface area contributed by atoms with Crippen LogP contribution in [0.1, 0.15) is 45.5 Å². The van der Waals surface area contributed by atoms with Gasteiger partial charge < -0.3 is 15.0 Å². The number of hydrogen-bond acceptors (Lipinski definition) is 6. The van der Waals surface area contributed by atoms with Gasteiger partial charge in [-0.1, -0.05) is 30.3 Å². The maximum Gasteiger partial charge on any atom is 0.192 e. The maximum atomic E-state index is 13.7. The van der Waals surface area contributed by atoms with Crippen LogP contribution in [0.3, 0.4) is 0 Å². The van der Waals surface area contributed by atoms with E-state index in [2.05, 4.69) is 10.2 Å². The molecule has 34 heavy (non-hydrogen) atoms. The van der Waals surface area contributed by atoms with Crippen molar-refractivity contribution in [1.82, 2.24) is 10.2 Å². The summed E-state index contributed by atoms with van der Waals surface area (Å²) in [5.41, 5.74) is 4.33. The monoisotopic (exact) mass is 453 g/mol. The van der Waals surface area contributed by atoms with Crippen LogP contribution in [-0.4, -0.2) is 48.4 Å². The number of carbonyl (C=O) groups is 2. The lowest BCUT2D eigenvalue weighted by molar-refractivity contribution is 0.0908. The second kappa shape index (κ2) is 8.37. The molecule has 1 fully saturated rings. The number of aliphatic imine (C=N–C) groups is 1. The fraction of sp³-hybridized carbons (Fsp3) is 0.321. The van der Waals surface area contributed by atoms with Crippen LogP contribution in [0.15, 0.2) is 70.6 Å². The highest BCUT2D eigenvalue weighted by Gasteiger charge is 2.46. The number of fused-ring (bicyclic) bond motifs is 5. The molecule has 0 aromatic heterocycles. The van der Waals surface area contributed by atoms with Gasteiger partial charge in [-0.2, -0.15) is 0 Å². The maximum absolute atomic E-state index is 13.7. The first-order chi connectivity index (χ1) is 16.6. The minimum absolute atomic E-state index is 0.106. The Hall–Kier alpha value is -3.51. The molecule has 1 N–H and O–H groups in total. The van der Waals surface area contributed by atoms with E-state index < -0.39 is 5.92 Å². The number of allylic oxidation sites excluding steroid dienone is 3. The molecule has 2 heterocycles. The van der Waals surface area contributed by atoms with Gasteiger partial charge in [-0.3, -0.25) is 9.59 Å². The van der Waals surface area contributed by atoms with Crippen molar-refractivity contribution >= 4 is 23.0 Å². The SMILES string of the molecule is Cc1ccc2c(c1)OC1=CC(NCCCN3CCCC3)=C3C(=O)c4ccccc4C(=O)C3C1=N2. The van der Waals surface area contributed by atoms with Crippen LogP contribution in [0, 0.1) is 12.8 Å². The Morgan fingerprint density at radius 2 is 1.88 bits per heavy atom. The normalized spacial score (nSPS) is 21.1. The zero-order chi connectivity index (χ0) is 23.2. The van der Waals surface area contributed by atoms with Crippen molar-refractivity contribution in [1.29, 1.82) is 0 Å². The highest BCUT2D eigenvalue weighted by molar-refractivity contribution is 6.33. The van der Waals surface area contributed by atoms with E-state index in [1.54, 1.807) is 24.3 Å². The third kappa shape index (κ3) is 3.49. The number of hydrogen-bond donors (Lipinski definition) is 1. The molecular formula is C28H27N3O3. The Morgan fingerprint density at radius 1 is 1.09 bits per heavy atom. The smallest absolute Gasteiger partial charge is 0.192 e. The molecular weight excluding hydrogens is 426 g/mol. The van der Waals surface area contributed by atoms with Gasteiger partial charge in [0.15, 0.2) is 23.1 Å². The Balaban J connectivity index is 1.39. The third-order valence-electron chi connectivity index (χ3n) is 7.07. The van der Waals surface area contributed by atoms with Crippen LogP contribution in [0.4, 0.5) is 5.69 Å². The Kier molecular flexibility index (Phi) is 5.18. The minimum Gasteiger partial charge on any atom is -0.453 e. The predicted molar refractivity (Wildman–Crippen MR) is 131 cm³/mol. The molecule has 6 heteroatoms. The highest BCUT2D eigenvalue weighted by atomic mass is 16.5. The van der Waals surface area contributed by atoms with Crippen LogP contribution in [0.5, 0.6) is 5.75 Å². The van der Waals surface area contributed by atoms with Crippen LogP contribution in [0.25, 0.3) is 0 Å². The molecule has 2 aliphatic carbocycles. The lowest BCUT2D eigenvalue weighted by Crippen LogP contribution is -2.42. The molecule has 0 amide bonds. The summed E-state index contributed by atoms with van der Waals surface area (Å²) in [4.78, 5) is 34.6. The minimum atomic E-state index is -0.766. The van der Waals surface area contributed by atoms with Gasteiger partial charge in [-0.25, -0.2) is 4.99 Å². The van der Waals surface area contributed by atoms with Gasteiger partial charge in [0.2, 0.25) is 0 Å². The van der Waals surface area contributed by atoms with Gasteiger partial charge in [0.1, 0.15) is 5.69 Å². The first-order valence-electron chi connectivity index (χ1n) is 12.1. The van der Waals surface area contributed by atoms with Gasteiger partial charge in [-0.15, -0.1) is 0 Å². The molecule has 1 saturated heterocycles. The molecule has 6 rings (SSSR count). The van der Waals surface area contributed by atoms with Gasteiger partial charge in [0.25, 0.3) is 0 Å². The molecule has 0 bridgehead atoms. The number of ketones is 2. The highest BCUT2D eigenvalue weighted by Crippen LogP contribution is 2.43. The standard InChI is InChI=1S/C28H27N3O3/c1-17-9-10-20-22(15-17)34-23-16-21(29-11-6-14-31-12-4-5-13-31)24-25(26(23)30-20)28(33)19-8-3-2-7-18(19)27(24)32/h2-3,7-10,15-16,25,29H,4-6,11-14H2,1H3. The number of rotatable bonds is 5. The molecule has 1 unspecified atom stereocenters. The summed E-state index contributed by atoms with van der Waals surface area (Å²) in [5, 5.41) is 3.46. The van der Waals surface area contributed by atoms with Gasteiger partial charge >= 0.3 is 0 Å². The van der Waals surface area contributed by atoms with Gasteiger partial charge in [0.05, 0.1) is 11.6 Å². The second-order valence-corrected chi connectivity index (χ2v) is 9.41. The summed E-state index contributed by atoms with van der Waals surface area (Å²) in [5.74, 6) is 0.217. The van der Waals surface area contributed by atoms with E-state index in [0.29, 0.717) is 45.3 Å². The van der Waals surface area contributed by atoms with Crippen molar-refractivity contribution in [3.05, 3.63) is 82.3 Å². The molecule has 6 nitrogen and oxygen atoms in total. The van der Waals surface area contributed by atoms with E-state index in [1.807, 2.05) is 31.2 Å². The Morgan fingerprint density at radius 3 is 2.71 bits per heavy atom. The van der Waals surface area contributed by atoms with Crippen LogP contribution in [-0.2, 0) is 0 Å². The number of nitrogens with one attached hydrogen (secondary N) is 1. The molecule has 2 aromatic rings. The number of ether oxygens (including phenoxy) is 1. The van der Waals surface area contributed by atoms with Crippen molar-refractivity contribution in [3.63, 3.8) is 0 Å². The van der Waals surface area contributed by atoms with Gasteiger partial charge in [-0.05, 0) is 63.5 Å². The third-order valence-corrected chi connectivity index (χ3v) is 7.07. The zero-order valence-electron chi connectivity index (χ0n) is 19.3. The zero-order valence-corrected chi connectivity index (χ0v) is 19.3. The molecule has 0 radical (unpaired) electrons. The van der Waals surface area contributed by atoms with E-state index >= 15 is 0 Å². The second-order valence-electron chi connectivity index (χ2n) is 9.41. The average Bonchev–Trinajstić information content (AvgIpc) is 3.37. The topological polar surface area (TPSA) is 71.0 Å². The van der Waals surface area contributed by atoms with Crippen LogP contribution >= 0.6 is 0 Å². The van der Waals surface area contributed by atoms with E-state index in [-0.39, 0.29) is 11.6 Å². The van der Waals surface area contributed by atoms with E-state index in [0.717, 1.165) is 38.2 Å². The molecule has 0 spiro atoms. The number of aryl methyl sites for hydroxylation is 1. The number of Topliss-reactive ketones (excluding diaryl/α,β-unsaturated/α-hetero) is 2. The quantitative estimate of drug-likeness (QED) is 0.681. The van der Waals surface area contributed by atoms with Gasteiger partial charge in [0, 0.05) is 35.0 Å². The number of nitrogens with zero attached hydrogens (tertiary/aromatic N) is 2. The molecule has 1 atom stereocenters. The molecule has 172 valence electrons. The van der Waals surface area contributed by atoms with Crippen LogP contribution in [0.2, 0.25) is 0 Å². The van der Waals surface area contributed by atoms with Crippen LogP contribution < -0.4 is 10.1 Å². The molecule has 0 saturated carbocycles. The summed E-state index contributed by atoms with van der Waals surface area (Å²) in [6, 6.07) is 12.9. The largest absolute Gasteiger partial charge is 0.453 e. The Labute approximate surface area is 199 Å². The summed E-state index contributed by atoms with van der Waals surface area (Å²) in [6.45, 7) is 6.08. The molecule has 2 aliphatic heterocycles.